The van der Waals surface area contributed by atoms with E-state index in [1.807, 2.05) is 22.9 Å². The Hall–Kier alpha value is -1.65. The number of rotatable bonds is 4. The average molecular weight is 285 g/mol. The van der Waals surface area contributed by atoms with Crippen LogP contribution in [0.4, 0.5) is 0 Å². The molecule has 0 spiro atoms. The Labute approximate surface area is 126 Å². The van der Waals surface area contributed by atoms with Crippen LogP contribution in [-0.2, 0) is 6.54 Å². The largest absolute Gasteiger partial charge is 0.396 e. The fourth-order valence-electron chi connectivity index (χ4n) is 2.93. The van der Waals surface area contributed by atoms with Crippen molar-refractivity contribution in [3.8, 4) is 5.69 Å². The topological polar surface area (TPSA) is 41.3 Å². The highest BCUT2D eigenvalue weighted by atomic mass is 16.3. The van der Waals surface area contributed by atoms with Gasteiger partial charge in [0.05, 0.1) is 11.4 Å². The standard InChI is InChI=1S/C17H23N3O/c1-14-16(11-19-9-7-15(13-21)8-10-19)12-20(18-14)17-5-3-2-4-6-17/h2-6,12,15,21H,7-11,13H2,1H3. The lowest BCUT2D eigenvalue weighted by atomic mass is 9.97. The van der Waals surface area contributed by atoms with E-state index >= 15 is 0 Å². The van der Waals surface area contributed by atoms with Gasteiger partial charge in [0, 0.05) is 24.9 Å². The van der Waals surface area contributed by atoms with E-state index in [4.69, 9.17) is 0 Å². The van der Waals surface area contributed by atoms with Crippen LogP contribution in [0.15, 0.2) is 36.5 Å². The molecule has 0 unspecified atom stereocenters. The summed E-state index contributed by atoms with van der Waals surface area (Å²) < 4.78 is 1.96. The summed E-state index contributed by atoms with van der Waals surface area (Å²) in [5, 5.41) is 13.8. The second kappa shape index (κ2) is 6.41. The summed E-state index contributed by atoms with van der Waals surface area (Å²) >= 11 is 0. The van der Waals surface area contributed by atoms with Gasteiger partial charge in [-0.25, -0.2) is 4.68 Å². The van der Waals surface area contributed by atoms with Crippen molar-refractivity contribution >= 4 is 0 Å². The third kappa shape index (κ3) is 3.34. The van der Waals surface area contributed by atoms with Crippen LogP contribution in [0.1, 0.15) is 24.1 Å². The minimum Gasteiger partial charge on any atom is -0.396 e. The molecule has 0 atom stereocenters. The molecule has 3 rings (SSSR count). The fraction of sp³-hybridized carbons (Fsp3) is 0.471. The lowest BCUT2D eigenvalue weighted by molar-refractivity contribution is 0.127. The zero-order valence-electron chi connectivity index (χ0n) is 12.6. The van der Waals surface area contributed by atoms with Crippen LogP contribution in [0.25, 0.3) is 5.69 Å². The Morgan fingerprint density at radius 1 is 1.19 bits per heavy atom. The van der Waals surface area contributed by atoms with Crippen molar-refractivity contribution in [1.29, 1.82) is 0 Å². The number of aliphatic hydroxyl groups is 1. The number of hydrogen-bond donors (Lipinski definition) is 1. The van der Waals surface area contributed by atoms with Crippen LogP contribution in [0.3, 0.4) is 0 Å². The lowest BCUT2D eigenvalue weighted by Gasteiger charge is -2.30. The second-order valence-electron chi connectivity index (χ2n) is 5.92. The van der Waals surface area contributed by atoms with Gasteiger partial charge in [-0.05, 0) is 50.9 Å². The fourth-order valence-corrected chi connectivity index (χ4v) is 2.93. The van der Waals surface area contributed by atoms with E-state index in [9.17, 15) is 5.11 Å². The van der Waals surface area contributed by atoms with Gasteiger partial charge in [0.15, 0.2) is 0 Å². The van der Waals surface area contributed by atoms with Crippen molar-refractivity contribution in [1.82, 2.24) is 14.7 Å². The molecule has 4 heteroatoms. The van der Waals surface area contributed by atoms with Crippen LogP contribution in [0.5, 0.6) is 0 Å². The van der Waals surface area contributed by atoms with Crippen molar-refractivity contribution in [2.45, 2.75) is 26.3 Å². The highest BCUT2D eigenvalue weighted by Crippen LogP contribution is 2.20. The summed E-state index contributed by atoms with van der Waals surface area (Å²) in [4.78, 5) is 2.46. The molecule has 2 heterocycles. The molecule has 1 fully saturated rings. The first-order chi connectivity index (χ1) is 10.3. The Morgan fingerprint density at radius 3 is 2.57 bits per heavy atom. The Morgan fingerprint density at radius 2 is 1.90 bits per heavy atom. The van der Waals surface area contributed by atoms with Gasteiger partial charge in [-0.1, -0.05) is 18.2 Å². The van der Waals surface area contributed by atoms with E-state index in [-0.39, 0.29) is 0 Å². The quantitative estimate of drug-likeness (QED) is 0.938. The van der Waals surface area contributed by atoms with Crippen molar-refractivity contribution in [2.75, 3.05) is 19.7 Å². The number of para-hydroxylation sites is 1. The van der Waals surface area contributed by atoms with Crippen LogP contribution in [0.2, 0.25) is 0 Å². The average Bonchev–Trinajstić information content (AvgIpc) is 2.90. The molecule has 0 aliphatic carbocycles. The van der Waals surface area contributed by atoms with Crippen LogP contribution >= 0.6 is 0 Å². The molecule has 0 amide bonds. The van der Waals surface area contributed by atoms with Crippen LogP contribution < -0.4 is 0 Å². The molecule has 0 saturated carbocycles. The van der Waals surface area contributed by atoms with Gasteiger partial charge in [0.25, 0.3) is 0 Å². The van der Waals surface area contributed by atoms with Crippen LogP contribution in [-0.4, -0.2) is 39.5 Å². The summed E-state index contributed by atoms with van der Waals surface area (Å²) in [5.41, 5.74) is 3.50. The highest BCUT2D eigenvalue weighted by molar-refractivity contribution is 5.32. The Bertz CT molecular complexity index is 571. The summed E-state index contributed by atoms with van der Waals surface area (Å²) in [6, 6.07) is 10.2. The maximum atomic E-state index is 9.21. The molecular formula is C17H23N3O. The summed E-state index contributed by atoms with van der Waals surface area (Å²) in [6.07, 6.45) is 4.34. The molecule has 4 nitrogen and oxygen atoms in total. The predicted octanol–water partition coefficient (Wildman–Crippen LogP) is 2.39. The Balaban J connectivity index is 1.68. The number of aromatic nitrogens is 2. The molecular weight excluding hydrogens is 262 g/mol. The molecule has 1 aliphatic rings. The first-order valence-electron chi connectivity index (χ1n) is 7.70. The zero-order chi connectivity index (χ0) is 14.7. The van der Waals surface area contributed by atoms with Gasteiger partial charge < -0.3 is 5.11 Å². The first-order valence-corrected chi connectivity index (χ1v) is 7.70. The van der Waals surface area contributed by atoms with Crippen molar-refractivity contribution in [3.63, 3.8) is 0 Å². The van der Waals surface area contributed by atoms with E-state index in [0.29, 0.717) is 12.5 Å². The first kappa shape index (κ1) is 14.3. The molecule has 1 saturated heterocycles. The normalized spacial score (nSPS) is 17.2. The molecule has 1 aliphatic heterocycles. The minimum absolute atomic E-state index is 0.332. The SMILES string of the molecule is Cc1nn(-c2ccccc2)cc1CN1CCC(CO)CC1. The molecule has 21 heavy (non-hydrogen) atoms. The van der Waals surface area contributed by atoms with E-state index < -0.39 is 0 Å². The van der Waals surface area contributed by atoms with Crippen molar-refractivity contribution in [2.24, 2.45) is 5.92 Å². The molecule has 0 bridgehead atoms. The van der Waals surface area contributed by atoms with Crippen LogP contribution in [0, 0.1) is 12.8 Å². The maximum Gasteiger partial charge on any atom is 0.0645 e. The van der Waals surface area contributed by atoms with Gasteiger partial charge in [0.2, 0.25) is 0 Å². The summed E-state index contributed by atoms with van der Waals surface area (Å²) in [7, 11) is 0. The molecule has 1 aromatic heterocycles. The maximum absolute atomic E-state index is 9.21. The molecule has 1 N–H and O–H groups in total. The molecule has 0 radical (unpaired) electrons. The number of aliphatic hydroxyl groups excluding tert-OH is 1. The summed E-state index contributed by atoms with van der Waals surface area (Å²) in [6.45, 7) is 5.51. The van der Waals surface area contributed by atoms with Gasteiger partial charge in [-0.3, -0.25) is 4.90 Å². The number of piperidine rings is 1. The van der Waals surface area contributed by atoms with E-state index in [2.05, 4.69) is 35.3 Å². The van der Waals surface area contributed by atoms with Gasteiger partial charge >= 0.3 is 0 Å². The predicted molar refractivity (Wildman–Crippen MR) is 83.4 cm³/mol. The van der Waals surface area contributed by atoms with Crippen molar-refractivity contribution in [3.05, 3.63) is 47.8 Å². The Kier molecular flexibility index (Phi) is 4.36. The monoisotopic (exact) mass is 285 g/mol. The minimum atomic E-state index is 0.332. The number of aryl methyl sites for hydroxylation is 1. The number of benzene rings is 1. The van der Waals surface area contributed by atoms with Gasteiger partial charge in [-0.15, -0.1) is 0 Å². The van der Waals surface area contributed by atoms with E-state index in [1.165, 1.54) is 5.56 Å². The van der Waals surface area contributed by atoms with Crippen molar-refractivity contribution < 1.29 is 5.11 Å². The third-order valence-electron chi connectivity index (χ3n) is 4.38. The number of likely N-dealkylation sites (tertiary alicyclic amines) is 1. The van der Waals surface area contributed by atoms with Gasteiger partial charge in [-0.2, -0.15) is 5.10 Å². The number of nitrogens with zero attached hydrogens (tertiary/aromatic N) is 3. The lowest BCUT2D eigenvalue weighted by Crippen LogP contribution is -2.34. The molecule has 1 aromatic carbocycles. The molecule has 112 valence electrons. The number of hydrogen-bond acceptors (Lipinski definition) is 3. The third-order valence-corrected chi connectivity index (χ3v) is 4.38. The summed E-state index contributed by atoms with van der Waals surface area (Å²) in [5.74, 6) is 0.495. The molecule has 2 aromatic rings. The van der Waals surface area contributed by atoms with Gasteiger partial charge in [0.1, 0.15) is 0 Å². The second-order valence-corrected chi connectivity index (χ2v) is 5.92. The smallest absolute Gasteiger partial charge is 0.0645 e. The highest BCUT2D eigenvalue weighted by Gasteiger charge is 2.19. The van der Waals surface area contributed by atoms with E-state index in [1.54, 1.807) is 0 Å². The van der Waals surface area contributed by atoms with E-state index in [0.717, 1.165) is 43.9 Å². The zero-order valence-corrected chi connectivity index (χ0v) is 12.6.